The van der Waals surface area contributed by atoms with Gasteiger partial charge in [-0.1, -0.05) is 54.1 Å². The van der Waals surface area contributed by atoms with Crippen molar-refractivity contribution in [2.24, 2.45) is 0 Å². The fraction of sp³-hybridized carbons (Fsp3) is 0.158. The molecular weight excluding hydrogens is 418 g/mol. The lowest BCUT2D eigenvalue weighted by molar-refractivity contribution is 0.0977. The molecule has 1 heterocycles. The monoisotopic (exact) mass is 435 g/mol. The lowest BCUT2D eigenvalue weighted by atomic mass is 10.2. The molecule has 9 heteroatoms. The van der Waals surface area contributed by atoms with Gasteiger partial charge in [-0.15, -0.1) is 11.3 Å². The molecule has 0 atom stereocenters. The van der Waals surface area contributed by atoms with Gasteiger partial charge in [-0.25, -0.2) is 18.1 Å². The first-order valence-electron chi connectivity index (χ1n) is 8.30. The van der Waals surface area contributed by atoms with Gasteiger partial charge in [0, 0.05) is 4.88 Å². The highest BCUT2D eigenvalue weighted by Gasteiger charge is 2.23. The third-order valence-electron chi connectivity index (χ3n) is 3.84. The Kier molecular flexibility index (Phi) is 6.02. The Morgan fingerprint density at radius 1 is 1.14 bits per heavy atom. The Balaban J connectivity index is 2.03. The second-order valence-electron chi connectivity index (χ2n) is 6.13. The average molecular weight is 436 g/mol. The standard InChI is InChI=1S/C19H18ClN3O3S2/c1-13-17(18(24)22-28(2,25)26)21-19(27-13)23(12-14-8-4-3-5-9-14)16-11-7-6-10-15(16)20/h3-11H,12H2,1-2H3,(H,22,24). The summed E-state index contributed by atoms with van der Waals surface area (Å²) < 4.78 is 24.7. The number of thiazole rings is 1. The lowest BCUT2D eigenvalue weighted by Crippen LogP contribution is -2.30. The Morgan fingerprint density at radius 3 is 2.43 bits per heavy atom. The van der Waals surface area contributed by atoms with Gasteiger partial charge >= 0.3 is 0 Å². The number of anilines is 2. The number of carbonyl (C=O) groups is 1. The van der Waals surface area contributed by atoms with Gasteiger partial charge in [0.2, 0.25) is 10.0 Å². The van der Waals surface area contributed by atoms with Gasteiger partial charge in [-0.05, 0) is 24.6 Å². The summed E-state index contributed by atoms with van der Waals surface area (Å²) in [4.78, 5) is 19.2. The van der Waals surface area contributed by atoms with Gasteiger partial charge in [0.05, 0.1) is 23.5 Å². The number of carbonyl (C=O) groups excluding carboxylic acids is 1. The van der Waals surface area contributed by atoms with E-state index in [1.54, 1.807) is 13.0 Å². The quantitative estimate of drug-likeness (QED) is 0.629. The van der Waals surface area contributed by atoms with Crippen LogP contribution < -0.4 is 9.62 Å². The minimum atomic E-state index is -3.68. The molecule has 1 N–H and O–H groups in total. The summed E-state index contributed by atoms with van der Waals surface area (Å²) in [6.45, 7) is 2.22. The Hall–Kier alpha value is -2.42. The maximum absolute atomic E-state index is 12.3. The van der Waals surface area contributed by atoms with E-state index in [4.69, 9.17) is 11.6 Å². The normalized spacial score (nSPS) is 11.2. The van der Waals surface area contributed by atoms with E-state index in [-0.39, 0.29) is 5.69 Å². The molecule has 0 aliphatic carbocycles. The second kappa shape index (κ2) is 8.30. The minimum absolute atomic E-state index is 0.0792. The molecule has 6 nitrogen and oxygen atoms in total. The number of nitrogens with zero attached hydrogens (tertiary/aromatic N) is 2. The zero-order valence-electron chi connectivity index (χ0n) is 15.2. The number of amides is 1. The van der Waals surface area contributed by atoms with Crippen molar-refractivity contribution in [1.29, 1.82) is 0 Å². The van der Waals surface area contributed by atoms with E-state index in [1.807, 2.05) is 58.2 Å². The van der Waals surface area contributed by atoms with E-state index in [2.05, 4.69) is 4.98 Å². The first-order valence-corrected chi connectivity index (χ1v) is 11.4. The maximum Gasteiger partial charge on any atom is 0.284 e. The largest absolute Gasteiger partial charge is 0.312 e. The fourth-order valence-corrected chi connectivity index (χ4v) is 4.21. The van der Waals surface area contributed by atoms with Crippen LogP contribution in [0.5, 0.6) is 0 Å². The zero-order valence-corrected chi connectivity index (χ0v) is 17.6. The molecule has 0 unspecified atom stereocenters. The van der Waals surface area contributed by atoms with Crippen molar-refractivity contribution in [3.05, 3.63) is 75.8 Å². The number of sulfonamides is 1. The van der Waals surface area contributed by atoms with Crippen LogP contribution in [-0.2, 0) is 16.6 Å². The molecule has 0 bridgehead atoms. The molecule has 2 aromatic carbocycles. The molecule has 0 saturated heterocycles. The van der Waals surface area contributed by atoms with Crippen LogP contribution in [0.3, 0.4) is 0 Å². The maximum atomic E-state index is 12.3. The van der Waals surface area contributed by atoms with Crippen LogP contribution in [0.25, 0.3) is 0 Å². The molecule has 3 aromatic rings. The van der Waals surface area contributed by atoms with Crippen molar-refractivity contribution in [3.63, 3.8) is 0 Å². The summed E-state index contributed by atoms with van der Waals surface area (Å²) in [6, 6.07) is 17.2. The second-order valence-corrected chi connectivity index (χ2v) is 9.47. The first kappa shape index (κ1) is 20.3. The molecule has 0 fully saturated rings. The SMILES string of the molecule is Cc1sc(N(Cc2ccccc2)c2ccccc2Cl)nc1C(=O)NS(C)(=O)=O. The summed E-state index contributed by atoms with van der Waals surface area (Å²) in [5.41, 5.74) is 1.87. The van der Waals surface area contributed by atoms with Crippen LogP contribution in [0.2, 0.25) is 5.02 Å². The molecule has 0 aliphatic rings. The molecule has 1 aromatic heterocycles. The van der Waals surface area contributed by atoms with Gasteiger partial charge in [-0.2, -0.15) is 0 Å². The van der Waals surface area contributed by atoms with Gasteiger partial charge in [0.1, 0.15) is 5.69 Å². The molecule has 1 amide bonds. The van der Waals surface area contributed by atoms with Crippen LogP contribution in [-0.4, -0.2) is 25.6 Å². The topological polar surface area (TPSA) is 79.4 Å². The molecular formula is C19H18ClN3O3S2. The minimum Gasteiger partial charge on any atom is -0.312 e. The average Bonchev–Trinajstić information content (AvgIpc) is 3.02. The number of aromatic nitrogens is 1. The Morgan fingerprint density at radius 2 is 1.79 bits per heavy atom. The van der Waals surface area contributed by atoms with Crippen LogP contribution in [0, 0.1) is 6.92 Å². The van der Waals surface area contributed by atoms with Crippen molar-refractivity contribution >= 4 is 49.7 Å². The van der Waals surface area contributed by atoms with Gasteiger partial charge in [0.25, 0.3) is 5.91 Å². The van der Waals surface area contributed by atoms with Gasteiger partial charge < -0.3 is 4.90 Å². The van der Waals surface area contributed by atoms with Crippen LogP contribution in [0.1, 0.15) is 20.9 Å². The predicted molar refractivity (Wildman–Crippen MR) is 113 cm³/mol. The number of rotatable bonds is 6. The highest BCUT2D eigenvalue weighted by atomic mass is 35.5. The highest BCUT2D eigenvalue weighted by molar-refractivity contribution is 7.89. The van der Waals surface area contributed by atoms with Crippen molar-refractivity contribution in [2.45, 2.75) is 13.5 Å². The van der Waals surface area contributed by atoms with E-state index in [1.165, 1.54) is 11.3 Å². The number of hydrogen-bond acceptors (Lipinski definition) is 6. The van der Waals surface area contributed by atoms with E-state index in [0.29, 0.717) is 21.6 Å². The Bertz CT molecular complexity index is 1100. The van der Waals surface area contributed by atoms with Gasteiger partial charge in [-0.3, -0.25) is 4.79 Å². The third-order valence-corrected chi connectivity index (χ3v) is 5.71. The van der Waals surface area contributed by atoms with E-state index >= 15 is 0 Å². The molecule has 0 spiro atoms. The number of hydrogen-bond donors (Lipinski definition) is 1. The third kappa shape index (κ3) is 4.89. The van der Waals surface area contributed by atoms with Crippen molar-refractivity contribution < 1.29 is 13.2 Å². The van der Waals surface area contributed by atoms with Gasteiger partial charge in [0.15, 0.2) is 5.13 Å². The Labute approximate surface area is 172 Å². The first-order chi connectivity index (χ1) is 13.2. The predicted octanol–water partition coefficient (Wildman–Crippen LogP) is 4.13. The molecule has 0 radical (unpaired) electrons. The van der Waals surface area contributed by atoms with Crippen LogP contribution in [0.4, 0.5) is 10.8 Å². The summed E-state index contributed by atoms with van der Waals surface area (Å²) in [6.07, 6.45) is 0.930. The smallest absolute Gasteiger partial charge is 0.284 e. The highest BCUT2D eigenvalue weighted by Crippen LogP contribution is 2.36. The van der Waals surface area contributed by atoms with Crippen LogP contribution >= 0.6 is 22.9 Å². The van der Waals surface area contributed by atoms with E-state index in [0.717, 1.165) is 17.5 Å². The van der Waals surface area contributed by atoms with Crippen LogP contribution in [0.15, 0.2) is 54.6 Å². The molecule has 0 aliphatic heterocycles. The number of aryl methyl sites for hydroxylation is 1. The number of para-hydroxylation sites is 1. The molecule has 0 saturated carbocycles. The summed E-state index contributed by atoms with van der Waals surface area (Å²) >= 11 is 7.71. The number of benzene rings is 2. The van der Waals surface area contributed by atoms with E-state index in [9.17, 15) is 13.2 Å². The van der Waals surface area contributed by atoms with E-state index < -0.39 is 15.9 Å². The van der Waals surface area contributed by atoms with Crippen molar-refractivity contribution in [1.82, 2.24) is 9.71 Å². The zero-order chi connectivity index (χ0) is 20.3. The number of nitrogens with one attached hydrogen (secondary N) is 1. The van der Waals surface area contributed by atoms with Crippen molar-refractivity contribution in [3.8, 4) is 0 Å². The number of halogens is 1. The summed E-state index contributed by atoms with van der Waals surface area (Å²) in [5, 5.41) is 1.10. The molecule has 28 heavy (non-hydrogen) atoms. The molecule has 146 valence electrons. The fourth-order valence-electron chi connectivity index (χ4n) is 2.62. The van der Waals surface area contributed by atoms with Crippen molar-refractivity contribution in [2.75, 3.05) is 11.2 Å². The lowest BCUT2D eigenvalue weighted by Gasteiger charge is -2.23. The summed E-state index contributed by atoms with van der Waals surface area (Å²) in [5.74, 6) is -0.749. The molecule has 3 rings (SSSR count). The summed E-state index contributed by atoms with van der Waals surface area (Å²) in [7, 11) is -3.68.